The number of aromatic nitrogens is 2. The summed E-state index contributed by atoms with van der Waals surface area (Å²) in [4.78, 5) is 26.7. The maximum absolute atomic E-state index is 12.5. The molecular formula is C16H26ClN5O2. The van der Waals surface area contributed by atoms with Crippen LogP contribution < -0.4 is 10.6 Å². The molecule has 1 fully saturated rings. The molecule has 2 heterocycles. The van der Waals surface area contributed by atoms with Gasteiger partial charge in [-0.1, -0.05) is 12.8 Å². The maximum atomic E-state index is 12.5. The van der Waals surface area contributed by atoms with Crippen molar-refractivity contribution >= 4 is 24.2 Å². The van der Waals surface area contributed by atoms with Crippen molar-refractivity contribution in [2.24, 2.45) is 5.41 Å². The third kappa shape index (κ3) is 3.42. The van der Waals surface area contributed by atoms with Crippen molar-refractivity contribution in [1.82, 2.24) is 25.7 Å². The summed E-state index contributed by atoms with van der Waals surface area (Å²) < 4.78 is 0. The van der Waals surface area contributed by atoms with Gasteiger partial charge in [0.25, 0.3) is 5.91 Å². The second-order valence-corrected chi connectivity index (χ2v) is 6.83. The summed E-state index contributed by atoms with van der Waals surface area (Å²) in [5, 5.41) is 13.3. The number of hydrogen-bond acceptors (Lipinski definition) is 4. The van der Waals surface area contributed by atoms with Crippen molar-refractivity contribution in [3.63, 3.8) is 0 Å². The number of H-pyrrole nitrogens is 1. The van der Waals surface area contributed by atoms with Gasteiger partial charge in [-0.3, -0.25) is 14.7 Å². The van der Waals surface area contributed by atoms with Crippen LogP contribution in [0.2, 0.25) is 0 Å². The van der Waals surface area contributed by atoms with Crippen molar-refractivity contribution in [3.8, 4) is 0 Å². The Bertz CT molecular complexity index is 608. The van der Waals surface area contributed by atoms with Crippen LogP contribution in [0.5, 0.6) is 0 Å². The lowest BCUT2D eigenvalue weighted by molar-refractivity contribution is -0.138. The maximum Gasteiger partial charge on any atom is 0.272 e. The molecule has 1 aliphatic heterocycles. The number of rotatable bonds is 4. The quantitative estimate of drug-likeness (QED) is 0.747. The van der Waals surface area contributed by atoms with Crippen molar-refractivity contribution in [3.05, 3.63) is 17.0 Å². The summed E-state index contributed by atoms with van der Waals surface area (Å²) in [6.07, 6.45) is 4.61. The molecule has 1 saturated carbocycles. The zero-order valence-corrected chi connectivity index (χ0v) is 15.1. The second kappa shape index (κ2) is 7.53. The average molecular weight is 356 g/mol. The number of nitrogens with zero attached hydrogens (tertiary/aromatic N) is 2. The first-order valence-corrected chi connectivity index (χ1v) is 8.30. The van der Waals surface area contributed by atoms with E-state index in [0.29, 0.717) is 18.8 Å². The molecule has 134 valence electrons. The van der Waals surface area contributed by atoms with Crippen LogP contribution in [0.4, 0.5) is 0 Å². The molecule has 0 unspecified atom stereocenters. The Labute approximate surface area is 148 Å². The number of aromatic amines is 1. The van der Waals surface area contributed by atoms with Crippen LogP contribution in [0.25, 0.3) is 0 Å². The first-order valence-electron chi connectivity index (χ1n) is 8.30. The summed E-state index contributed by atoms with van der Waals surface area (Å²) in [6.45, 7) is 1.95. The standard InChI is InChI=1S/C16H25N5O2.ClH/c1-21(2)15(23)16(6-3-4-7-16)10-18-14(22)13-11-9-17-8-5-12(11)19-20-13;/h17H,3-10H2,1-2H3,(H,18,22)(H,19,20);1H. The molecule has 8 heteroatoms. The van der Waals surface area contributed by atoms with Gasteiger partial charge in [-0.05, 0) is 12.8 Å². The molecule has 2 amide bonds. The summed E-state index contributed by atoms with van der Waals surface area (Å²) in [5.74, 6) is -0.0787. The monoisotopic (exact) mass is 355 g/mol. The van der Waals surface area contributed by atoms with Gasteiger partial charge in [-0.2, -0.15) is 5.10 Å². The van der Waals surface area contributed by atoms with E-state index in [9.17, 15) is 9.59 Å². The Hall–Kier alpha value is -1.60. The summed E-state index contributed by atoms with van der Waals surface area (Å²) in [5.41, 5.74) is 1.99. The molecule has 0 aromatic carbocycles. The SMILES string of the molecule is CN(C)C(=O)C1(CNC(=O)c2n[nH]c3c2CNCC3)CCCC1.Cl. The molecule has 0 saturated heterocycles. The molecule has 0 bridgehead atoms. The van der Waals surface area contributed by atoms with Crippen LogP contribution in [-0.4, -0.2) is 54.1 Å². The molecule has 1 aromatic rings. The van der Waals surface area contributed by atoms with Crippen LogP contribution in [0.3, 0.4) is 0 Å². The smallest absolute Gasteiger partial charge is 0.272 e. The van der Waals surface area contributed by atoms with Crippen LogP contribution in [0, 0.1) is 5.41 Å². The van der Waals surface area contributed by atoms with Crippen molar-refractivity contribution < 1.29 is 9.59 Å². The highest BCUT2D eigenvalue weighted by molar-refractivity contribution is 5.94. The highest BCUT2D eigenvalue weighted by Gasteiger charge is 2.42. The highest BCUT2D eigenvalue weighted by Crippen LogP contribution is 2.39. The fourth-order valence-electron chi connectivity index (χ4n) is 3.74. The normalized spacial score (nSPS) is 18.4. The van der Waals surface area contributed by atoms with E-state index in [2.05, 4.69) is 20.8 Å². The Morgan fingerprint density at radius 2 is 2.00 bits per heavy atom. The number of amides is 2. The fourth-order valence-corrected chi connectivity index (χ4v) is 3.74. The van der Waals surface area contributed by atoms with Gasteiger partial charge in [0.15, 0.2) is 5.69 Å². The lowest BCUT2D eigenvalue weighted by atomic mass is 9.84. The third-order valence-corrected chi connectivity index (χ3v) is 5.03. The van der Waals surface area contributed by atoms with Gasteiger partial charge in [0, 0.05) is 51.4 Å². The largest absolute Gasteiger partial charge is 0.350 e. The van der Waals surface area contributed by atoms with Crippen LogP contribution >= 0.6 is 12.4 Å². The minimum atomic E-state index is -0.451. The molecule has 7 nitrogen and oxygen atoms in total. The van der Waals surface area contributed by atoms with E-state index in [1.807, 2.05) is 0 Å². The Balaban J connectivity index is 0.00000208. The van der Waals surface area contributed by atoms with E-state index >= 15 is 0 Å². The zero-order valence-electron chi connectivity index (χ0n) is 14.3. The van der Waals surface area contributed by atoms with Crippen molar-refractivity contribution in [2.45, 2.75) is 38.6 Å². The van der Waals surface area contributed by atoms with Gasteiger partial charge < -0.3 is 15.5 Å². The van der Waals surface area contributed by atoms with E-state index in [0.717, 1.165) is 49.9 Å². The number of carbonyl (C=O) groups excluding carboxylic acids is 2. The van der Waals surface area contributed by atoms with Gasteiger partial charge in [-0.15, -0.1) is 12.4 Å². The lowest BCUT2D eigenvalue weighted by Gasteiger charge is -2.30. The minimum Gasteiger partial charge on any atom is -0.350 e. The summed E-state index contributed by atoms with van der Waals surface area (Å²) in [7, 11) is 3.56. The average Bonchev–Trinajstić information content (AvgIpc) is 3.19. The number of halogens is 1. The summed E-state index contributed by atoms with van der Waals surface area (Å²) in [6, 6.07) is 0. The molecule has 1 aliphatic carbocycles. The fraction of sp³-hybridized carbons (Fsp3) is 0.688. The molecule has 0 spiro atoms. The van der Waals surface area contributed by atoms with Crippen LogP contribution in [0.1, 0.15) is 47.4 Å². The van der Waals surface area contributed by atoms with Gasteiger partial charge in [0.05, 0.1) is 5.41 Å². The predicted molar refractivity (Wildman–Crippen MR) is 93.2 cm³/mol. The van der Waals surface area contributed by atoms with Gasteiger partial charge in [-0.25, -0.2) is 0 Å². The van der Waals surface area contributed by atoms with E-state index in [4.69, 9.17) is 0 Å². The number of nitrogens with one attached hydrogen (secondary N) is 3. The van der Waals surface area contributed by atoms with E-state index < -0.39 is 5.41 Å². The number of carbonyl (C=O) groups is 2. The molecule has 24 heavy (non-hydrogen) atoms. The molecule has 3 rings (SSSR count). The van der Waals surface area contributed by atoms with Crippen LogP contribution in [0.15, 0.2) is 0 Å². The first kappa shape index (κ1) is 18.7. The van der Waals surface area contributed by atoms with Gasteiger partial charge >= 0.3 is 0 Å². The molecule has 3 N–H and O–H groups in total. The molecule has 1 aromatic heterocycles. The Morgan fingerprint density at radius 1 is 1.29 bits per heavy atom. The molecule has 0 radical (unpaired) electrons. The zero-order chi connectivity index (χ0) is 16.4. The molecular weight excluding hydrogens is 330 g/mol. The van der Waals surface area contributed by atoms with Gasteiger partial charge in [0.1, 0.15) is 0 Å². The summed E-state index contributed by atoms with van der Waals surface area (Å²) >= 11 is 0. The van der Waals surface area contributed by atoms with E-state index in [-0.39, 0.29) is 24.2 Å². The number of fused-ring (bicyclic) bond motifs is 1. The highest BCUT2D eigenvalue weighted by atomic mass is 35.5. The van der Waals surface area contributed by atoms with Crippen LogP contribution in [-0.2, 0) is 17.8 Å². The minimum absolute atomic E-state index is 0. The van der Waals surface area contributed by atoms with Gasteiger partial charge in [0.2, 0.25) is 5.91 Å². The van der Waals surface area contributed by atoms with E-state index in [1.165, 1.54) is 0 Å². The third-order valence-electron chi connectivity index (χ3n) is 5.03. The van der Waals surface area contributed by atoms with E-state index in [1.54, 1.807) is 19.0 Å². The lowest BCUT2D eigenvalue weighted by Crippen LogP contribution is -2.46. The number of hydrogen-bond donors (Lipinski definition) is 3. The second-order valence-electron chi connectivity index (χ2n) is 6.83. The first-order chi connectivity index (χ1) is 11.0. The van der Waals surface area contributed by atoms with Crippen molar-refractivity contribution in [1.29, 1.82) is 0 Å². The topological polar surface area (TPSA) is 90.1 Å². The molecule has 2 aliphatic rings. The molecule has 0 atom stereocenters. The Kier molecular flexibility index (Phi) is 5.87. The van der Waals surface area contributed by atoms with Crippen molar-refractivity contribution in [2.75, 3.05) is 27.2 Å². The predicted octanol–water partition coefficient (Wildman–Crippen LogP) is 0.856. The Morgan fingerprint density at radius 3 is 2.67 bits per heavy atom.